The van der Waals surface area contributed by atoms with Crippen LogP contribution in [0, 0.1) is 0 Å². The molecule has 3 rings (SSSR count). The fraction of sp³-hybridized carbons (Fsp3) is 0.632. The van der Waals surface area contributed by atoms with E-state index in [1.54, 1.807) is 19.1 Å². The summed E-state index contributed by atoms with van der Waals surface area (Å²) in [4.78, 5) is 16.9. The Morgan fingerprint density at radius 2 is 2.08 bits per heavy atom. The Kier molecular flexibility index (Phi) is 5.68. The zero-order valence-corrected chi connectivity index (χ0v) is 15.5. The average Bonchev–Trinajstić information content (AvgIpc) is 3.05. The van der Waals surface area contributed by atoms with E-state index < -0.39 is 0 Å². The van der Waals surface area contributed by atoms with Crippen molar-refractivity contribution >= 4 is 6.03 Å². The molecule has 2 fully saturated rings. The molecule has 6 nitrogen and oxygen atoms in total. The largest absolute Gasteiger partial charge is 0.497 e. The van der Waals surface area contributed by atoms with Gasteiger partial charge in [-0.15, -0.1) is 0 Å². The van der Waals surface area contributed by atoms with Crippen LogP contribution in [0.2, 0.25) is 0 Å². The van der Waals surface area contributed by atoms with Crippen LogP contribution < -0.4 is 14.8 Å². The van der Waals surface area contributed by atoms with Gasteiger partial charge in [0.25, 0.3) is 0 Å². The second-order valence-corrected chi connectivity index (χ2v) is 6.98. The van der Waals surface area contributed by atoms with Crippen molar-refractivity contribution in [3.05, 3.63) is 23.8 Å². The first-order chi connectivity index (χ1) is 12.1. The summed E-state index contributed by atoms with van der Waals surface area (Å²) >= 11 is 0. The summed E-state index contributed by atoms with van der Waals surface area (Å²) in [7, 11) is 5.09. The third kappa shape index (κ3) is 4.00. The SMILES string of the molecule is COc1ccc(CN(C)C(=O)N[C@H]2CCN3CCCC[C@@H]23)c(OC)c1. The van der Waals surface area contributed by atoms with Crippen molar-refractivity contribution in [2.45, 2.75) is 44.3 Å². The highest BCUT2D eigenvalue weighted by Gasteiger charge is 2.36. The van der Waals surface area contributed by atoms with E-state index in [1.807, 2.05) is 25.2 Å². The summed E-state index contributed by atoms with van der Waals surface area (Å²) in [6.45, 7) is 2.78. The van der Waals surface area contributed by atoms with Gasteiger partial charge in [-0.3, -0.25) is 4.90 Å². The highest BCUT2D eigenvalue weighted by molar-refractivity contribution is 5.74. The molecular weight excluding hydrogens is 318 g/mol. The first-order valence-corrected chi connectivity index (χ1v) is 9.09. The Labute approximate surface area is 150 Å². The van der Waals surface area contributed by atoms with Gasteiger partial charge < -0.3 is 19.7 Å². The molecule has 2 amide bonds. The van der Waals surface area contributed by atoms with Crippen LogP contribution in [0.15, 0.2) is 18.2 Å². The molecule has 2 heterocycles. The van der Waals surface area contributed by atoms with Gasteiger partial charge in [0, 0.05) is 37.3 Å². The monoisotopic (exact) mass is 347 g/mol. The van der Waals surface area contributed by atoms with Crippen LogP contribution >= 0.6 is 0 Å². The number of ether oxygens (including phenoxy) is 2. The van der Waals surface area contributed by atoms with E-state index in [0.717, 1.165) is 30.0 Å². The van der Waals surface area contributed by atoms with E-state index in [4.69, 9.17) is 9.47 Å². The maximum atomic E-state index is 12.6. The van der Waals surface area contributed by atoms with Crippen molar-refractivity contribution in [2.24, 2.45) is 0 Å². The number of fused-ring (bicyclic) bond motifs is 1. The Morgan fingerprint density at radius 1 is 1.24 bits per heavy atom. The van der Waals surface area contributed by atoms with Gasteiger partial charge in [0.15, 0.2) is 0 Å². The number of piperidine rings is 1. The molecule has 0 saturated carbocycles. The maximum Gasteiger partial charge on any atom is 0.317 e. The van der Waals surface area contributed by atoms with Gasteiger partial charge in [0.2, 0.25) is 0 Å². The maximum absolute atomic E-state index is 12.6. The van der Waals surface area contributed by atoms with E-state index in [1.165, 1.54) is 25.8 Å². The molecule has 2 saturated heterocycles. The molecule has 25 heavy (non-hydrogen) atoms. The van der Waals surface area contributed by atoms with Crippen LogP contribution in [0.25, 0.3) is 0 Å². The summed E-state index contributed by atoms with van der Waals surface area (Å²) in [5.41, 5.74) is 0.965. The molecule has 6 heteroatoms. The minimum Gasteiger partial charge on any atom is -0.497 e. The molecule has 0 aromatic heterocycles. The number of methoxy groups -OCH3 is 2. The zero-order valence-electron chi connectivity index (χ0n) is 15.5. The number of nitrogens with one attached hydrogen (secondary N) is 1. The van der Waals surface area contributed by atoms with E-state index >= 15 is 0 Å². The fourth-order valence-electron chi connectivity index (χ4n) is 3.99. The lowest BCUT2D eigenvalue weighted by molar-refractivity contribution is 0.170. The van der Waals surface area contributed by atoms with Gasteiger partial charge >= 0.3 is 6.03 Å². The van der Waals surface area contributed by atoms with E-state index in [-0.39, 0.29) is 12.1 Å². The molecule has 1 aromatic rings. The molecule has 0 spiro atoms. The zero-order chi connectivity index (χ0) is 17.8. The number of hydrogen-bond acceptors (Lipinski definition) is 4. The standard InChI is InChI=1S/C19H29N3O3/c1-21(13-14-7-8-15(24-2)12-18(14)25-3)19(23)20-16-9-11-22-10-5-4-6-17(16)22/h7-8,12,16-17H,4-6,9-11,13H2,1-3H3,(H,20,23)/t16-,17-/m0/s1. The van der Waals surface area contributed by atoms with Gasteiger partial charge in [0.05, 0.1) is 20.8 Å². The van der Waals surface area contributed by atoms with Crippen LogP contribution in [-0.4, -0.2) is 62.3 Å². The molecule has 0 unspecified atom stereocenters. The summed E-state index contributed by atoms with van der Waals surface area (Å²) in [6, 6.07) is 6.45. The predicted molar refractivity (Wildman–Crippen MR) is 97.2 cm³/mol. The number of amides is 2. The molecule has 138 valence electrons. The second kappa shape index (κ2) is 7.95. The summed E-state index contributed by atoms with van der Waals surface area (Å²) in [6.07, 6.45) is 4.80. The molecule has 1 aromatic carbocycles. The first-order valence-electron chi connectivity index (χ1n) is 9.09. The minimum absolute atomic E-state index is 0.0182. The Hall–Kier alpha value is -1.95. The molecule has 0 radical (unpaired) electrons. The Balaban J connectivity index is 1.59. The number of carbonyl (C=O) groups excluding carboxylic acids is 1. The van der Waals surface area contributed by atoms with Gasteiger partial charge in [-0.1, -0.05) is 6.42 Å². The molecule has 1 N–H and O–H groups in total. The van der Waals surface area contributed by atoms with E-state index in [9.17, 15) is 4.79 Å². The summed E-state index contributed by atoms with van der Waals surface area (Å²) < 4.78 is 10.7. The molecule has 2 aliphatic heterocycles. The van der Waals surface area contributed by atoms with Crippen molar-refractivity contribution in [3.8, 4) is 11.5 Å². The predicted octanol–water partition coefficient (Wildman–Crippen LogP) is 2.47. The Morgan fingerprint density at radius 3 is 2.84 bits per heavy atom. The van der Waals surface area contributed by atoms with Crippen LogP contribution in [0.5, 0.6) is 11.5 Å². The number of rotatable bonds is 5. The minimum atomic E-state index is -0.0182. The molecular formula is C19H29N3O3. The number of benzene rings is 1. The van der Waals surface area contributed by atoms with Crippen molar-refractivity contribution in [1.82, 2.24) is 15.1 Å². The lowest BCUT2D eigenvalue weighted by Gasteiger charge is -2.33. The number of nitrogens with zero attached hydrogens (tertiary/aromatic N) is 2. The molecule has 2 aliphatic rings. The highest BCUT2D eigenvalue weighted by Crippen LogP contribution is 2.28. The van der Waals surface area contributed by atoms with Gasteiger partial charge in [-0.2, -0.15) is 0 Å². The van der Waals surface area contributed by atoms with Crippen molar-refractivity contribution < 1.29 is 14.3 Å². The van der Waals surface area contributed by atoms with Gasteiger partial charge in [0.1, 0.15) is 11.5 Å². The fourth-order valence-corrected chi connectivity index (χ4v) is 3.99. The highest BCUT2D eigenvalue weighted by atomic mass is 16.5. The lowest BCUT2D eigenvalue weighted by Crippen LogP contribution is -2.49. The lowest BCUT2D eigenvalue weighted by atomic mass is 9.99. The third-order valence-electron chi connectivity index (χ3n) is 5.41. The topological polar surface area (TPSA) is 54.0 Å². The normalized spacial score (nSPS) is 23.0. The van der Waals surface area contributed by atoms with Gasteiger partial charge in [-0.05, 0) is 37.9 Å². The van der Waals surface area contributed by atoms with Crippen LogP contribution in [0.4, 0.5) is 4.79 Å². The number of hydrogen-bond donors (Lipinski definition) is 1. The summed E-state index contributed by atoms with van der Waals surface area (Å²) in [5.74, 6) is 1.48. The second-order valence-electron chi connectivity index (χ2n) is 6.98. The van der Waals surface area contributed by atoms with Gasteiger partial charge in [-0.25, -0.2) is 4.79 Å². The molecule has 0 bridgehead atoms. The number of carbonyl (C=O) groups is 1. The van der Waals surface area contributed by atoms with Crippen LogP contribution in [0.1, 0.15) is 31.2 Å². The van der Waals surface area contributed by atoms with Crippen LogP contribution in [-0.2, 0) is 6.54 Å². The van der Waals surface area contributed by atoms with Crippen LogP contribution in [0.3, 0.4) is 0 Å². The van der Waals surface area contributed by atoms with E-state index in [0.29, 0.717) is 12.6 Å². The summed E-state index contributed by atoms with van der Waals surface area (Å²) in [5, 5.41) is 3.24. The Bertz CT molecular complexity index is 608. The van der Waals surface area contributed by atoms with E-state index in [2.05, 4.69) is 10.2 Å². The third-order valence-corrected chi connectivity index (χ3v) is 5.41. The van der Waals surface area contributed by atoms with Crippen molar-refractivity contribution in [2.75, 3.05) is 34.4 Å². The molecule has 2 atom stereocenters. The van der Waals surface area contributed by atoms with Crippen molar-refractivity contribution in [3.63, 3.8) is 0 Å². The quantitative estimate of drug-likeness (QED) is 0.889. The smallest absolute Gasteiger partial charge is 0.317 e. The first kappa shape index (κ1) is 17.9. The van der Waals surface area contributed by atoms with Crippen molar-refractivity contribution in [1.29, 1.82) is 0 Å². The number of urea groups is 1. The molecule has 0 aliphatic carbocycles. The average molecular weight is 347 g/mol.